The number of sulfonamides is 1. The quantitative estimate of drug-likeness (QED) is 0.871. The lowest BCUT2D eigenvalue weighted by molar-refractivity contribution is 0.400. The van der Waals surface area contributed by atoms with Crippen LogP contribution in [-0.4, -0.2) is 38.0 Å². The molecule has 0 aliphatic carbocycles. The van der Waals surface area contributed by atoms with Crippen molar-refractivity contribution in [3.05, 3.63) is 48.4 Å². The van der Waals surface area contributed by atoms with Crippen LogP contribution in [0.5, 0.6) is 0 Å². The molecule has 1 N–H and O–H groups in total. The summed E-state index contributed by atoms with van der Waals surface area (Å²) in [6, 6.07) is 10.4. The van der Waals surface area contributed by atoms with Gasteiger partial charge in [-0.25, -0.2) is 23.1 Å². The molecular weight excluding hydrogens is 338 g/mol. The molecule has 0 bridgehead atoms. The first-order valence-corrected chi connectivity index (χ1v) is 9.59. The number of aromatic nitrogens is 2. The number of nitrogens with zero attached hydrogens (tertiary/aromatic N) is 4. The van der Waals surface area contributed by atoms with Gasteiger partial charge in [0, 0.05) is 32.0 Å². The Balaban J connectivity index is 1.56. The van der Waals surface area contributed by atoms with Crippen LogP contribution in [0.3, 0.4) is 0 Å². The lowest BCUT2D eigenvalue weighted by atomic mass is 9.97. The number of nitrogens with one attached hydrogen (secondary N) is 1. The van der Waals surface area contributed by atoms with E-state index in [0.717, 1.165) is 25.9 Å². The van der Waals surface area contributed by atoms with E-state index < -0.39 is 10.0 Å². The van der Waals surface area contributed by atoms with Gasteiger partial charge in [0.1, 0.15) is 6.07 Å². The van der Waals surface area contributed by atoms with Gasteiger partial charge in [0.05, 0.1) is 4.90 Å². The van der Waals surface area contributed by atoms with Crippen LogP contribution < -0.4 is 9.62 Å². The Hall–Kier alpha value is -2.50. The number of anilines is 1. The summed E-state index contributed by atoms with van der Waals surface area (Å²) < 4.78 is 27.2. The number of nitriles is 1. The van der Waals surface area contributed by atoms with Crippen LogP contribution in [0.25, 0.3) is 0 Å². The van der Waals surface area contributed by atoms with E-state index in [-0.39, 0.29) is 10.8 Å². The van der Waals surface area contributed by atoms with E-state index in [9.17, 15) is 8.42 Å². The predicted octanol–water partition coefficient (Wildman–Crippen LogP) is 1.54. The molecular formula is C17H19N5O2S. The smallest absolute Gasteiger partial charge is 0.240 e. The summed E-state index contributed by atoms with van der Waals surface area (Å²) in [5, 5.41) is 9.13. The Kier molecular flexibility index (Phi) is 5.26. The Morgan fingerprint density at radius 2 is 1.84 bits per heavy atom. The van der Waals surface area contributed by atoms with Crippen molar-refractivity contribution in [2.75, 3.05) is 24.5 Å². The molecule has 0 spiro atoms. The van der Waals surface area contributed by atoms with Crippen LogP contribution in [0, 0.1) is 17.2 Å². The number of piperidine rings is 1. The minimum Gasteiger partial charge on any atom is -0.354 e. The molecule has 0 saturated carbocycles. The van der Waals surface area contributed by atoms with Crippen molar-refractivity contribution in [3.63, 3.8) is 0 Å². The average molecular weight is 357 g/mol. The molecule has 130 valence electrons. The van der Waals surface area contributed by atoms with Gasteiger partial charge in [-0.2, -0.15) is 5.26 Å². The zero-order chi connectivity index (χ0) is 17.7. The molecule has 1 aliphatic rings. The van der Waals surface area contributed by atoms with Gasteiger partial charge < -0.3 is 4.90 Å². The zero-order valence-corrected chi connectivity index (χ0v) is 14.5. The number of benzene rings is 1. The summed E-state index contributed by atoms with van der Waals surface area (Å²) >= 11 is 0. The fourth-order valence-electron chi connectivity index (χ4n) is 2.90. The van der Waals surface area contributed by atoms with Crippen LogP contribution in [0.1, 0.15) is 18.5 Å². The maximum Gasteiger partial charge on any atom is 0.240 e. The average Bonchev–Trinajstić information content (AvgIpc) is 2.67. The van der Waals surface area contributed by atoms with Crippen LogP contribution in [0.4, 0.5) is 5.82 Å². The van der Waals surface area contributed by atoms with Crippen molar-refractivity contribution in [2.45, 2.75) is 17.7 Å². The summed E-state index contributed by atoms with van der Waals surface area (Å²) in [5.74, 6) is 0.866. The van der Waals surface area contributed by atoms with Crippen molar-refractivity contribution in [1.29, 1.82) is 5.26 Å². The third kappa shape index (κ3) is 4.13. The van der Waals surface area contributed by atoms with Crippen molar-refractivity contribution in [3.8, 4) is 6.07 Å². The van der Waals surface area contributed by atoms with Gasteiger partial charge in [-0.05, 0) is 30.9 Å². The van der Waals surface area contributed by atoms with E-state index in [1.165, 1.54) is 6.20 Å². The monoisotopic (exact) mass is 357 g/mol. The maximum absolute atomic E-state index is 12.3. The van der Waals surface area contributed by atoms with Crippen LogP contribution in [0.15, 0.2) is 47.6 Å². The Labute approximate surface area is 147 Å². The molecule has 1 saturated heterocycles. The van der Waals surface area contributed by atoms with Gasteiger partial charge >= 0.3 is 0 Å². The minimum atomic E-state index is -3.47. The lowest BCUT2D eigenvalue weighted by Gasteiger charge is -2.32. The van der Waals surface area contributed by atoms with Crippen molar-refractivity contribution in [1.82, 2.24) is 14.7 Å². The largest absolute Gasteiger partial charge is 0.354 e. The highest BCUT2D eigenvalue weighted by molar-refractivity contribution is 7.89. The molecule has 0 radical (unpaired) electrons. The molecule has 8 heteroatoms. The standard InChI is InChI=1S/C17H19N5O2S/c18-12-16-17(20-9-8-19-16)22-10-6-14(7-11-22)13-21-25(23,24)15-4-2-1-3-5-15/h1-5,8-9,14,21H,6-7,10-11,13H2. The molecule has 1 aliphatic heterocycles. The van der Waals surface area contributed by atoms with Crippen molar-refractivity contribution < 1.29 is 8.42 Å². The summed E-state index contributed by atoms with van der Waals surface area (Å²) in [5.41, 5.74) is 0.325. The van der Waals surface area contributed by atoms with Gasteiger partial charge in [-0.1, -0.05) is 18.2 Å². The summed E-state index contributed by atoms with van der Waals surface area (Å²) in [4.78, 5) is 10.6. The summed E-state index contributed by atoms with van der Waals surface area (Å²) in [6.45, 7) is 1.87. The number of hydrogen-bond donors (Lipinski definition) is 1. The second-order valence-electron chi connectivity index (χ2n) is 5.94. The third-order valence-corrected chi connectivity index (χ3v) is 5.75. The number of rotatable bonds is 5. The van der Waals surface area contributed by atoms with Gasteiger partial charge in [0.25, 0.3) is 0 Å². The first kappa shape index (κ1) is 17.3. The van der Waals surface area contributed by atoms with Crippen LogP contribution in [-0.2, 0) is 10.0 Å². The predicted molar refractivity (Wildman–Crippen MR) is 93.3 cm³/mol. The fraction of sp³-hybridized carbons (Fsp3) is 0.353. The Morgan fingerprint density at radius 3 is 2.52 bits per heavy atom. The molecule has 1 fully saturated rings. The first-order valence-electron chi connectivity index (χ1n) is 8.11. The molecule has 1 aromatic carbocycles. The molecule has 2 heterocycles. The lowest BCUT2D eigenvalue weighted by Crippen LogP contribution is -2.39. The van der Waals surface area contributed by atoms with E-state index in [4.69, 9.17) is 5.26 Å². The van der Waals surface area contributed by atoms with Crippen molar-refractivity contribution in [2.24, 2.45) is 5.92 Å². The van der Waals surface area contributed by atoms with E-state index >= 15 is 0 Å². The molecule has 2 aromatic rings. The van der Waals surface area contributed by atoms with Gasteiger partial charge in [-0.3, -0.25) is 0 Å². The minimum absolute atomic E-state index is 0.261. The topological polar surface area (TPSA) is 99.0 Å². The highest BCUT2D eigenvalue weighted by Gasteiger charge is 2.24. The van der Waals surface area contributed by atoms with Gasteiger partial charge in [-0.15, -0.1) is 0 Å². The van der Waals surface area contributed by atoms with E-state index in [1.807, 2.05) is 4.90 Å². The maximum atomic E-state index is 12.3. The SMILES string of the molecule is N#Cc1nccnc1N1CCC(CNS(=O)(=O)c2ccccc2)CC1. The summed E-state index contributed by atoms with van der Waals surface area (Å²) in [6.07, 6.45) is 4.75. The third-order valence-electron chi connectivity index (χ3n) is 4.31. The molecule has 7 nitrogen and oxygen atoms in total. The van der Waals surface area contributed by atoms with Crippen LogP contribution >= 0.6 is 0 Å². The molecule has 3 rings (SSSR count). The fourth-order valence-corrected chi connectivity index (χ4v) is 4.04. The van der Waals surface area contributed by atoms with Crippen molar-refractivity contribution >= 4 is 15.8 Å². The van der Waals surface area contributed by atoms with E-state index in [2.05, 4.69) is 20.8 Å². The first-order chi connectivity index (χ1) is 12.1. The highest BCUT2D eigenvalue weighted by Crippen LogP contribution is 2.23. The Bertz CT molecular complexity index is 856. The van der Waals surface area contributed by atoms with Gasteiger partial charge in [0.15, 0.2) is 11.5 Å². The van der Waals surface area contributed by atoms with Crippen LogP contribution in [0.2, 0.25) is 0 Å². The number of hydrogen-bond acceptors (Lipinski definition) is 6. The Morgan fingerprint density at radius 1 is 1.16 bits per heavy atom. The zero-order valence-electron chi connectivity index (χ0n) is 13.7. The van der Waals surface area contributed by atoms with Gasteiger partial charge in [0.2, 0.25) is 10.0 Å². The normalized spacial score (nSPS) is 15.7. The second-order valence-corrected chi connectivity index (χ2v) is 7.70. The molecule has 1 aromatic heterocycles. The molecule has 25 heavy (non-hydrogen) atoms. The van der Waals surface area contributed by atoms with E-state index in [0.29, 0.717) is 18.1 Å². The molecule has 0 amide bonds. The highest BCUT2D eigenvalue weighted by atomic mass is 32.2. The van der Waals surface area contributed by atoms with E-state index in [1.54, 1.807) is 36.5 Å². The molecule has 0 atom stereocenters. The second kappa shape index (κ2) is 7.59. The summed E-state index contributed by atoms with van der Waals surface area (Å²) in [7, 11) is -3.47. The molecule has 0 unspecified atom stereocenters.